The summed E-state index contributed by atoms with van der Waals surface area (Å²) in [7, 11) is 1.60. The van der Waals surface area contributed by atoms with Crippen LogP contribution in [-0.2, 0) is 4.79 Å². The number of carbonyl (C=O) groups excluding carboxylic acids is 2. The van der Waals surface area contributed by atoms with E-state index >= 15 is 0 Å². The molecular weight excluding hydrogens is 364 g/mol. The van der Waals surface area contributed by atoms with E-state index in [0.29, 0.717) is 36.5 Å². The lowest BCUT2D eigenvalue weighted by Gasteiger charge is -2.31. The largest absolute Gasteiger partial charge is 0.497 e. The van der Waals surface area contributed by atoms with Crippen molar-refractivity contribution >= 4 is 29.1 Å². The van der Waals surface area contributed by atoms with Crippen LogP contribution in [0.25, 0.3) is 0 Å². The second kappa shape index (κ2) is 8.44. The molecule has 1 heterocycles. The Morgan fingerprint density at radius 3 is 2.37 bits per heavy atom. The number of anilines is 1. The number of ether oxygens (including phenoxy) is 1. The molecule has 1 aliphatic heterocycles. The molecule has 0 radical (unpaired) electrons. The number of nitrogens with zero attached hydrogens (tertiary/aromatic N) is 1. The molecule has 0 saturated carbocycles. The Hall–Kier alpha value is -2.53. The zero-order valence-corrected chi connectivity index (χ0v) is 16.3. The highest BCUT2D eigenvalue weighted by atomic mass is 35.5. The molecule has 2 amide bonds. The number of likely N-dealkylation sites (tertiary alicyclic amines) is 1. The molecule has 1 fully saturated rings. The molecule has 1 N–H and O–H groups in total. The van der Waals surface area contributed by atoms with Crippen LogP contribution in [0.1, 0.15) is 28.8 Å². The van der Waals surface area contributed by atoms with E-state index < -0.39 is 0 Å². The van der Waals surface area contributed by atoms with Crippen molar-refractivity contribution in [3.63, 3.8) is 0 Å². The van der Waals surface area contributed by atoms with Crippen LogP contribution >= 0.6 is 11.6 Å². The number of benzene rings is 2. The molecule has 3 rings (SSSR count). The Morgan fingerprint density at radius 1 is 1.11 bits per heavy atom. The minimum absolute atomic E-state index is 0.00281. The molecule has 2 aromatic rings. The maximum absolute atomic E-state index is 12.6. The van der Waals surface area contributed by atoms with Gasteiger partial charge >= 0.3 is 0 Å². The van der Waals surface area contributed by atoms with Gasteiger partial charge in [-0.1, -0.05) is 11.6 Å². The summed E-state index contributed by atoms with van der Waals surface area (Å²) in [4.78, 5) is 27.0. The summed E-state index contributed by atoms with van der Waals surface area (Å²) in [5.41, 5.74) is 2.35. The van der Waals surface area contributed by atoms with Crippen LogP contribution in [0.5, 0.6) is 5.75 Å². The first kappa shape index (κ1) is 19.2. The van der Waals surface area contributed by atoms with E-state index in [4.69, 9.17) is 16.3 Å². The molecule has 0 aliphatic carbocycles. The van der Waals surface area contributed by atoms with Crippen LogP contribution < -0.4 is 10.1 Å². The molecule has 0 unspecified atom stereocenters. The van der Waals surface area contributed by atoms with Gasteiger partial charge in [0.2, 0.25) is 5.91 Å². The monoisotopic (exact) mass is 386 g/mol. The SMILES string of the molecule is COc1ccc(C(=O)N2CCC(C(=O)Nc3ccc(Cl)cc3C)CC2)cc1. The molecule has 5 nitrogen and oxygen atoms in total. The first-order chi connectivity index (χ1) is 13.0. The lowest BCUT2D eigenvalue weighted by atomic mass is 9.95. The molecule has 27 heavy (non-hydrogen) atoms. The Bertz CT molecular complexity index is 828. The maximum Gasteiger partial charge on any atom is 0.253 e. The quantitative estimate of drug-likeness (QED) is 0.858. The summed E-state index contributed by atoms with van der Waals surface area (Å²) in [5, 5.41) is 3.63. The second-order valence-electron chi connectivity index (χ2n) is 6.74. The molecule has 6 heteroatoms. The van der Waals surface area contributed by atoms with E-state index in [0.717, 1.165) is 17.0 Å². The van der Waals surface area contributed by atoms with Crippen molar-refractivity contribution in [2.45, 2.75) is 19.8 Å². The fraction of sp³-hybridized carbons (Fsp3) is 0.333. The van der Waals surface area contributed by atoms with Crippen LogP contribution in [-0.4, -0.2) is 36.9 Å². The Labute approximate surface area is 164 Å². The third-order valence-corrected chi connectivity index (χ3v) is 5.17. The van der Waals surface area contributed by atoms with Crippen LogP contribution in [0.15, 0.2) is 42.5 Å². The lowest BCUT2D eigenvalue weighted by Crippen LogP contribution is -2.41. The standard InChI is InChI=1S/C21H23ClN2O3/c1-14-13-17(22)5-8-19(14)23-20(25)15-9-11-24(12-10-15)21(26)16-3-6-18(27-2)7-4-16/h3-8,13,15H,9-12H2,1-2H3,(H,23,25). The van der Waals surface area contributed by atoms with Gasteiger partial charge in [-0.05, 0) is 67.8 Å². The predicted octanol–water partition coefficient (Wildman–Crippen LogP) is 4.15. The number of carbonyl (C=O) groups is 2. The molecule has 2 aromatic carbocycles. The van der Waals surface area contributed by atoms with Crippen molar-refractivity contribution in [2.24, 2.45) is 5.92 Å². The van der Waals surface area contributed by atoms with Crippen molar-refractivity contribution in [3.05, 3.63) is 58.6 Å². The fourth-order valence-electron chi connectivity index (χ4n) is 3.26. The minimum Gasteiger partial charge on any atom is -0.497 e. The van der Waals surface area contributed by atoms with Crippen LogP contribution in [0.3, 0.4) is 0 Å². The average Bonchev–Trinajstić information content (AvgIpc) is 2.69. The zero-order chi connectivity index (χ0) is 19.4. The van der Waals surface area contributed by atoms with Gasteiger partial charge in [0.1, 0.15) is 5.75 Å². The number of methoxy groups -OCH3 is 1. The molecule has 0 bridgehead atoms. The zero-order valence-electron chi connectivity index (χ0n) is 15.5. The van der Waals surface area contributed by atoms with Gasteiger partial charge in [-0.25, -0.2) is 0 Å². The van der Waals surface area contributed by atoms with Gasteiger partial charge in [-0.2, -0.15) is 0 Å². The normalized spacial score (nSPS) is 14.7. The first-order valence-corrected chi connectivity index (χ1v) is 9.36. The van der Waals surface area contributed by atoms with Gasteiger partial charge in [-0.3, -0.25) is 9.59 Å². The van der Waals surface area contributed by atoms with Crippen LogP contribution in [0, 0.1) is 12.8 Å². The van der Waals surface area contributed by atoms with Gasteiger partial charge in [-0.15, -0.1) is 0 Å². The summed E-state index contributed by atoms with van der Waals surface area (Å²) in [6.45, 7) is 3.06. The molecule has 0 spiro atoms. The lowest BCUT2D eigenvalue weighted by molar-refractivity contribution is -0.121. The highest BCUT2D eigenvalue weighted by Gasteiger charge is 2.28. The molecule has 0 aromatic heterocycles. The molecule has 0 atom stereocenters. The second-order valence-corrected chi connectivity index (χ2v) is 7.18. The summed E-state index contributed by atoms with van der Waals surface area (Å²) in [6, 6.07) is 12.5. The number of nitrogens with one attached hydrogen (secondary N) is 1. The van der Waals surface area contributed by atoms with E-state index in [-0.39, 0.29) is 17.7 Å². The first-order valence-electron chi connectivity index (χ1n) is 8.98. The van der Waals surface area contributed by atoms with Crippen molar-refractivity contribution in [1.29, 1.82) is 0 Å². The average molecular weight is 387 g/mol. The van der Waals surface area contributed by atoms with Gasteiger partial charge in [0.15, 0.2) is 0 Å². The predicted molar refractivity (Wildman–Crippen MR) is 106 cm³/mol. The van der Waals surface area contributed by atoms with Gasteiger partial charge in [0.25, 0.3) is 5.91 Å². The van der Waals surface area contributed by atoms with Crippen molar-refractivity contribution in [3.8, 4) is 5.75 Å². The molecule has 1 saturated heterocycles. The topological polar surface area (TPSA) is 58.6 Å². The highest BCUT2D eigenvalue weighted by molar-refractivity contribution is 6.30. The van der Waals surface area contributed by atoms with Crippen LogP contribution in [0.2, 0.25) is 5.02 Å². The number of amides is 2. The number of rotatable bonds is 4. The highest BCUT2D eigenvalue weighted by Crippen LogP contribution is 2.24. The third kappa shape index (κ3) is 4.61. The minimum atomic E-state index is -0.0972. The van der Waals surface area contributed by atoms with Crippen LogP contribution in [0.4, 0.5) is 5.69 Å². The maximum atomic E-state index is 12.6. The fourth-order valence-corrected chi connectivity index (χ4v) is 3.49. The summed E-state index contributed by atoms with van der Waals surface area (Å²) in [5.74, 6) is 0.612. The molecule has 142 valence electrons. The van der Waals surface area contributed by atoms with Gasteiger partial charge in [0, 0.05) is 35.3 Å². The number of hydrogen-bond donors (Lipinski definition) is 1. The van der Waals surface area contributed by atoms with E-state index in [1.165, 1.54) is 0 Å². The Balaban J connectivity index is 1.56. The number of aryl methyl sites for hydroxylation is 1. The van der Waals surface area contributed by atoms with E-state index in [1.807, 2.05) is 19.1 Å². The van der Waals surface area contributed by atoms with Crippen molar-refractivity contribution in [1.82, 2.24) is 4.90 Å². The van der Waals surface area contributed by atoms with E-state index in [1.54, 1.807) is 42.3 Å². The molecule has 1 aliphatic rings. The summed E-state index contributed by atoms with van der Waals surface area (Å²) in [6.07, 6.45) is 1.31. The van der Waals surface area contributed by atoms with E-state index in [9.17, 15) is 9.59 Å². The van der Waals surface area contributed by atoms with Gasteiger partial charge < -0.3 is 15.0 Å². The Kier molecular flexibility index (Phi) is 6.01. The third-order valence-electron chi connectivity index (χ3n) is 4.94. The van der Waals surface area contributed by atoms with Crippen molar-refractivity contribution in [2.75, 3.05) is 25.5 Å². The summed E-state index contributed by atoms with van der Waals surface area (Å²) < 4.78 is 5.12. The molecular formula is C21H23ClN2O3. The Morgan fingerprint density at radius 2 is 1.78 bits per heavy atom. The van der Waals surface area contributed by atoms with Gasteiger partial charge in [0.05, 0.1) is 7.11 Å². The summed E-state index contributed by atoms with van der Waals surface area (Å²) >= 11 is 5.96. The number of hydrogen-bond acceptors (Lipinski definition) is 3. The van der Waals surface area contributed by atoms with E-state index in [2.05, 4.69) is 5.32 Å². The number of halogens is 1. The van der Waals surface area contributed by atoms with Crippen molar-refractivity contribution < 1.29 is 14.3 Å². The smallest absolute Gasteiger partial charge is 0.253 e. The number of piperidine rings is 1.